The molecule has 5 heteroatoms. The normalized spacial score (nSPS) is 15.9. The lowest BCUT2D eigenvalue weighted by atomic mass is 9.98. The second-order valence-electron chi connectivity index (χ2n) is 4.61. The van der Waals surface area contributed by atoms with E-state index in [1.54, 1.807) is 16.2 Å². The fourth-order valence-corrected chi connectivity index (χ4v) is 3.03. The first-order valence-corrected chi connectivity index (χ1v) is 7.37. The van der Waals surface area contributed by atoms with Gasteiger partial charge in [0.25, 0.3) is 5.91 Å². The Morgan fingerprint density at radius 1 is 1.50 bits per heavy atom. The number of aryl methyl sites for hydroxylation is 1. The Kier molecular flexibility index (Phi) is 4.40. The van der Waals surface area contributed by atoms with E-state index in [1.807, 2.05) is 19.4 Å². The standard InChI is InChI=1S/C13H17ClN2OS/c1-9-15-10(8-18-9)7-16(2)13(17)11-5-3-4-6-12(11)14/h8H,3-7H2,1-2H3. The number of hydrogen-bond acceptors (Lipinski definition) is 3. The number of amides is 1. The number of likely N-dealkylation sites (N-methyl/N-ethyl adjacent to an activating group) is 1. The summed E-state index contributed by atoms with van der Waals surface area (Å²) in [6.45, 7) is 2.52. The Bertz CT molecular complexity index is 481. The Morgan fingerprint density at radius 2 is 2.22 bits per heavy atom. The second kappa shape index (κ2) is 5.85. The van der Waals surface area contributed by atoms with Crippen molar-refractivity contribution in [3.05, 3.63) is 26.7 Å². The van der Waals surface area contributed by atoms with Gasteiger partial charge in [0, 0.05) is 23.0 Å². The monoisotopic (exact) mass is 284 g/mol. The van der Waals surface area contributed by atoms with Crippen LogP contribution in [0.5, 0.6) is 0 Å². The van der Waals surface area contributed by atoms with Crippen LogP contribution in [0.3, 0.4) is 0 Å². The summed E-state index contributed by atoms with van der Waals surface area (Å²) in [4.78, 5) is 18.4. The number of nitrogens with zero attached hydrogens (tertiary/aromatic N) is 2. The average molecular weight is 285 g/mol. The van der Waals surface area contributed by atoms with Crippen LogP contribution in [0.1, 0.15) is 36.4 Å². The third-order valence-corrected chi connectivity index (χ3v) is 4.31. The van der Waals surface area contributed by atoms with Gasteiger partial charge in [0.05, 0.1) is 17.2 Å². The molecular weight excluding hydrogens is 268 g/mol. The van der Waals surface area contributed by atoms with Gasteiger partial charge in [-0.1, -0.05) is 11.6 Å². The molecule has 0 unspecified atom stereocenters. The first-order chi connectivity index (χ1) is 8.58. The molecule has 2 rings (SSSR count). The van der Waals surface area contributed by atoms with Crippen molar-refractivity contribution in [3.63, 3.8) is 0 Å². The summed E-state index contributed by atoms with van der Waals surface area (Å²) in [7, 11) is 1.81. The summed E-state index contributed by atoms with van der Waals surface area (Å²) in [6.07, 6.45) is 3.79. The van der Waals surface area contributed by atoms with Gasteiger partial charge in [-0.2, -0.15) is 0 Å². The fourth-order valence-electron chi connectivity index (χ4n) is 2.12. The predicted octanol–water partition coefficient (Wildman–Crippen LogP) is 3.48. The Morgan fingerprint density at radius 3 is 2.83 bits per heavy atom. The summed E-state index contributed by atoms with van der Waals surface area (Å²) in [5.41, 5.74) is 1.73. The summed E-state index contributed by atoms with van der Waals surface area (Å²) in [5, 5.41) is 3.77. The van der Waals surface area contributed by atoms with Crippen LogP contribution in [0.25, 0.3) is 0 Å². The topological polar surface area (TPSA) is 33.2 Å². The summed E-state index contributed by atoms with van der Waals surface area (Å²) < 4.78 is 0. The minimum absolute atomic E-state index is 0.0466. The number of thiazole rings is 1. The van der Waals surface area contributed by atoms with Crippen LogP contribution < -0.4 is 0 Å². The molecule has 0 radical (unpaired) electrons. The van der Waals surface area contributed by atoms with Crippen molar-refractivity contribution in [3.8, 4) is 0 Å². The van der Waals surface area contributed by atoms with E-state index in [9.17, 15) is 4.79 Å². The highest BCUT2D eigenvalue weighted by molar-refractivity contribution is 7.09. The molecule has 0 bridgehead atoms. The quantitative estimate of drug-likeness (QED) is 0.851. The molecule has 1 aromatic rings. The molecule has 1 aliphatic carbocycles. The molecule has 0 spiro atoms. The highest BCUT2D eigenvalue weighted by Crippen LogP contribution is 2.28. The van der Waals surface area contributed by atoms with Crippen LogP contribution in [0.2, 0.25) is 0 Å². The molecule has 0 aromatic carbocycles. The van der Waals surface area contributed by atoms with Crippen molar-refractivity contribution >= 4 is 28.8 Å². The molecular formula is C13H17ClN2OS. The van der Waals surface area contributed by atoms with Gasteiger partial charge in [-0.15, -0.1) is 11.3 Å². The van der Waals surface area contributed by atoms with Gasteiger partial charge in [-0.3, -0.25) is 4.79 Å². The molecule has 1 aliphatic rings. The largest absolute Gasteiger partial charge is 0.336 e. The maximum absolute atomic E-state index is 12.3. The first-order valence-electron chi connectivity index (χ1n) is 6.12. The third-order valence-electron chi connectivity index (χ3n) is 3.07. The zero-order valence-electron chi connectivity index (χ0n) is 10.7. The van der Waals surface area contributed by atoms with Crippen LogP contribution in [-0.2, 0) is 11.3 Å². The SMILES string of the molecule is Cc1nc(CN(C)C(=O)C2=C(Cl)CCCC2)cs1. The zero-order valence-corrected chi connectivity index (χ0v) is 12.3. The first kappa shape index (κ1) is 13.6. The van der Waals surface area contributed by atoms with Crippen LogP contribution in [0, 0.1) is 6.92 Å². The van der Waals surface area contributed by atoms with Gasteiger partial charge in [-0.05, 0) is 32.6 Å². The number of carbonyl (C=O) groups is 1. The number of halogens is 1. The van der Waals surface area contributed by atoms with Gasteiger partial charge >= 0.3 is 0 Å². The van der Waals surface area contributed by atoms with Crippen molar-refractivity contribution in [1.82, 2.24) is 9.88 Å². The van der Waals surface area contributed by atoms with Crippen molar-refractivity contribution in [1.29, 1.82) is 0 Å². The lowest BCUT2D eigenvalue weighted by molar-refractivity contribution is -0.126. The van der Waals surface area contributed by atoms with E-state index in [-0.39, 0.29) is 5.91 Å². The van der Waals surface area contributed by atoms with Crippen molar-refractivity contribution in [2.45, 2.75) is 39.2 Å². The minimum Gasteiger partial charge on any atom is -0.336 e. The Labute approximate surface area is 116 Å². The number of rotatable bonds is 3. The third kappa shape index (κ3) is 3.12. The van der Waals surface area contributed by atoms with E-state index in [0.29, 0.717) is 6.54 Å². The molecule has 0 atom stereocenters. The van der Waals surface area contributed by atoms with E-state index in [2.05, 4.69) is 4.98 Å². The van der Waals surface area contributed by atoms with Gasteiger partial charge < -0.3 is 4.90 Å². The molecule has 0 aliphatic heterocycles. The second-order valence-corrected chi connectivity index (χ2v) is 6.13. The smallest absolute Gasteiger partial charge is 0.251 e. The van der Waals surface area contributed by atoms with E-state index in [4.69, 9.17) is 11.6 Å². The van der Waals surface area contributed by atoms with Gasteiger partial charge in [0.15, 0.2) is 0 Å². The molecule has 1 heterocycles. The van der Waals surface area contributed by atoms with Crippen LogP contribution >= 0.6 is 22.9 Å². The van der Waals surface area contributed by atoms with Crippen molar-refractivity contribution < 1.29 is 4.79 Å². The number of aromatic nitrogens is 1. The maximum Gasteiger partial charge on any atom is 0.251 e. The summed E-state index contributed by atoms with van der Waals surface area (Å²) >= 11 is 7.75. The predicted molar refractivity (Wildman–Crippen MR) is 74.7 cm³/mol. The molecule has 0 saturated carbocycles. The fraction of sp³-hybridized carbons (Fsp3) is 0.538. The van der Waals surface area contributed by atoms with Gasteiger partial charge in [0.2, 0.25) is 0 Å². The van der Waals surface area contributed by atoms with Crippen LogP contribution in [0.15, 0.2) is 16.0 Å². The number of carbonyl (C=O) groups excluding carboxylic acids is 1. The Balaban J connectivity index is 2.04. The molecule has 98 valence electrons. The Hall–Kier alpha value is -0.870. The lowest BCUT2D eigenvalue weighted by Crippen LogP contribution is -2.29. The molecule has 0 saturated heterocycles. The van der Waals surface area contributed by atoms with E-state index >= 15 is 0 Å². The average Bonchev–Trinajstić information content (AvgIpc) is 2.74. The van der Waals surface area contributed by atoms with E-state index in [1.165, 1.54) is 0 Å². The highest BCUT2D eigenvalue weighted by Gasteiger charge is 2.21. The minimum atomic E-state index is 0.0466. The molecule has 3 nitrogen and oxygen atoms in total. The van der Waals surface area contributed by atoms with Gasteiger partial charge in [-0.25, -0.2) is 4.98 Å². The van der Waals surface area contributed by atoms with Crippen molar-refractivity contribution in [2.24, 2.45) is 0 Å². The van der Waals surface area contributed by atoms with Gasteiger partial charge in [0.1, 0.15) is 0 Å². The maximum atomic E-state index is 12.3. The van der Waals surface area contributed by atoms with Crippen LogP contribution in [0.4, 0.5) is 0 Å². The summed E-state index contributed by atoms with van der Waals surface area (Å²) in [5.74, 6) is 0.0466. The summed E-state index contributed by atoms with van der Waals surface area (Å²) in [6, 6.07) is 0. The molecule has 1 amide bonds. The molecule has 0 fully saturated rings. The number of hydrogen-bond donors (Lipinski definition) is 0. The molecule has 1 aromatic heterocycles. The van der Waals surface area contributed by atoms with E-state index < -0.39 is 0 Å². The molecule has 18 heavy (non-hydrogen) atoms. The zero-order chi connectivity index (χ0) is 13.1. The molecule has 0 N–H and O–H groups in total. The lowest BCUT2D eigenvalue weighted by Gasteiger charge is -2.21. The van der Waals surface area contributed by atoms with Crippen molar-refractivity contribution in [2.75, 3.05) is 7.05 Å². The van der Waals surface area contributed by atoms with E-state index in [0.717, 1.165) is 47.0 Å². The number of allylic oxidation sites excluding steroid dienone is 1. The van der Waals surface area contributed by atoms with Crippen LogP contribution in [-0.4, -0.2) is 22.8 Å². The highest BCUT2D eigenvalue weighted by atomic mass is 35.5.